The number of nitrogens with one attached hydrogen (secondary N) is 2. The summed E-state index contributed by atoms with van der Waals surface area (Å²) in [4.78, 5) is 14.1. The summed E-state index contributed by atoms with van der Waals surface area (Å²) < 4.78 is 67.9. The third-order valence-electron chi connectivity index (χ3n) is 6.60. The molecule has 0 radical (unpaired) electrons. The molecule has 0 unspecified atom stereocenters. The molecule has 0 bridgehead atoms. The summed E-state index contributed by atoms with van der Waals surface area (Å²) in [6.45, 7) is 0.560. The standard InChI is InChI=1S/C23H25F5N6OS/c1-33-7-5-13(6-8-33)30-16-3-2-4-17-14(16)9-18(34(17)12-23(26,27)28)21-32-31-19(36-21)11-29-20(35)15-10-22(15,24)25/h2-4,9,13,15,30H,5-8,10-12H2,1H3,(H,29,35)/t15-/m1/s1. The van der Waals surface area contributed by atoms with Gasteiger partial charge in [0.25, 0.3) is 5.92 Å². The molecule has 36 heavy (non-hydrogen) atoms. The number of piperidine rings is 1. The van der Waals surface area contributed by atoms with E-state index < -0.39 is 36.9 Å². The number of alkyl halides is 5. The minimum absolute atomic E-state index is 0.120. The highest BCUT2D eigenvalue weighted by Gasteiger charge is 2.61. The Kier molecular flexibility index (Phi) is 6.39. The number of amides is 1. The molecule has 1 saturated heterocycles. The van der Waals surface area contributed by atoms with Crippen LogP contribution in [0.2, 0.25) is 0 Å². The molecule has 1 aromatic carbocycles. The number of carbonyl (C=O) groups excluding carboxylic acids is 1. The number of hydrogen-bond donors (Lipinski definition) is 2. The molecule has 7 nitrogen and oxygen atoms in total. The molecule has 1 saturated carbocycles. The van der Waals surface area contributed by atoms with Crippen LogP contribution in [0.4, 0.5) is 27.6 Å². The van der Waals surface area contributed by atoms with Gasteiger partial charge >= 0.3 is 6.18 Å². The predicted octanol–water partition coefficient (Wildman–Crippen LogP) is 4.50. The number of rotatable bonds is 7. The van der Waals surface area contributed by atoms with Gasteiger partial charge in [-0.3, -0.25) is 4.79 Å². The number of nitrogens with zero attached hydrogens (tertiary/aromatic N) is 4. The van der Waals surface area contributed by atoms with Crippen molar-refractivity contribution in [3.8, 4) is 10.7 Å². The second-order valence-electron chi connectivity index (χ2n) is 9.43. The summed E-state index contributed by atoms with van der Waals surface area (Å²) in [5.74, 6) is -5.09. The monoisotopic (exact) mass is 528 g/mol. The zero-order chi connectivity index (χ0) is 25.7. The maximum atomic E-state index is 13.5. The van der Waals surface area contributed by atoms with Crippen LogP contribution in [0, 0.1) is 5.92 Å². The van der Waals surface area contributed by atoms with E-state index in [4.69, 9.17) is 0 Å². The summed E-state index contributed by atoms with van der Waals surface area (Å²) in [7, 11) is 2.06. The Bertz CT molecular complexity index is 1260. The van der Waals surface area contributed by atoms with E-state index in [0.29, 0.717) is 15.9 Å². The molecule has 3 aromatic rings. The summed E-state index contributed by atoms with van der Waals surface area (Å²) >= 11 is 1.02. The van der Waals surface area contributed by atoms with E-state index in [1.807, 2.05) is 6.07 Å². The molecule has 2 fully saturated rings. The van der Waals surface area contributed by atoms with E-state index >= 15 is 0 Å². The quantitative estimate of drug-likeness (QED) is 0.442. The molecule has 194 valence electrons. The average molecular weight is 529 g/mol. The highest BCUT2D eigenvalue weighted by molar-refractivity contribution is 7.14. The van der Waals surface area contributed by atoms with Crippen LogP contribution in [0.5, 0.6) is 0 Å². The third kappa shape index (κ3) is 5.31. The van der Waals surface area contributed by atoms with Gasteiger partial charge in [-0.25, -0.2) is 8.78 Å². The zero-order valence-electron chi connectivity index (χ0n) is 19.4. The molecule has 3 heterocycles. The van der Waals surface area contributed by atoms with Crippen LogP contribution in [-0.2, 0) is 17.9 Å². The maximum Gasteiger partial charge on any atom is 0.406 e. The van der Waals surface area contributed by atoms with Gasteiger partial charge in [0.1, 0.15) is 17.5 Å². The van der Waals surface area contributed by atoms with Crippen LogP contribution >= 0.6 is 11.3 Å². The van der Waals surface area contributed by atoms with E-state index in [0.717, 1.165) is 43.0 Å². The summed E-state index contributed by atoms with van der Waals surface area (Å²) in [5.41, 5.74) is 1.43. The number of aromatic nitrogens is 3. The van der Waals surface area contributed by atoms with Crippen LogP contribution in [-0.4, -0.2) is 63.8 Å². The number of hydrogen-bond acceptors (Lipinski definition) is 6. The molecule has 2 aromatic heterocycles. The van der Waals surface area contributed by atoms with E-state index in [1.165, 1.54) is 4.57 Å². The highest BCUT2D eigenvalue weighted by atomic mass is 32.1. The first-order valence-corrected chi connectivity index (χ1v) is 12.4. The lowest BCUT2D eigenvalue weighted by Crippen LogP contribution is -2.36. The lowest BCUT2D eigenvalue weighted by molar-refractivity contribution is -0.139. The average Bonchev–Trinajstić information content (AvgIpc) is 3.12. The SMILES string of the molecule is CN1CCC(Nc2cccc3c2cc(-c2nnc(CNC(=O)[C@H]4CC4(F)F)s2)n3CC(F)(F)F)CC1. The van der Waals surface area contributed by atoms with Crippen molar-refractivity contribution < 1.29 is 26.7 Å². The summed E-state index contributed by atoms with van der Waals surface area (Å²) in [6, 6.07) is 7.12. The van der Waals surface area contributed by atoms with Gasteiger partial charge in [-0.15, -0.1) is 10.2 Å². The van der Waals surface area contributed by atoms with Gasteiger partial charge < -0.3 is 20.1 Å². The molecule has 2 aliphatic rings. The first kappa shape index (κ1) is 24.9. The van der Waals surface area contributed by atoms with Gasteiger partial charge in [0.2, 0.25) is 5.91 Å². The summed E-state index contributed by atoms with van der Waals surface area (Å²) in [6.07, 6.45) is -3.08. The molecule has 13 heteroatoms. The zero-order valence-corrected chi connectivity index (χ0v) is 20.2. The van der Waals surface area contributed by atoms with Gasteiger partial charge in [0.15, 0.2) is 5.01 Å². The molecule has 1 atom stereocenters. The van der Waals surface area contributed by atoms with Crippen molar-refractivity contribution in [3.05, 3.63) is 29.3 Å². The van der Waals surface area contributed by atoms with E-state index in [1.54, 1.807) is 18.2 Å². The topological polar surface area (TPSA) is 75.1 Å². The minimum Gasteiger partial charge on any atom is -0.382 e. The Hall–Kier alpha value is -2.80. The van der Waals surface area contributed by atoms with Crippen molar-refractivity contribution in [1.82, 2.24) is 25.0 Å². The first-order valence-electron chi connectivity index (χ1n) is 11.6. The number of halogens is 5. The Morgan fingerprint density at radius 1 is 1.22 bits per heavy atom. The molecule has 5 rings (SSSR count). The molecule has 1 aliphatic heterocycles. The normalized spacial score (nSPS) is 20.6. The largest absolute Gasteiger partial charge is 0.406 e. The second kappa shape index (κ2) is 9.25. The van der Waals surface area contributed by atoms with Crippen LogP contribution in [0.15, 0.2) is 24.3 Å². The summed E-state index contributed by atoms with van der Waals surface area (Å²) in [5, 5.41) is 15.1. The number of anilines is 1. The van der Waals surface area contributed by atoms with Gasteiger partial charge in [-0.05, 0) is 51.2 Å². The highest BCUT2D eigenvalue weighted by Crippen LogP contribution is 2.48. The molecule has 1 amide bonds. The van der Waals surface area contributed by atoms with Gasteiger partial charge in [-0.2, -0.15) is 13.2 Å². The van der Waals surface area contributed by atoms with Crippen molar-refractivity contribution in [2.75, 3.05) is 25.5 Å². The van der Waals surface area contributed by atoms with E-state index in [-0.39, 0.29) is 23.3 Å². The number of fused-ring (bicyclic) bond motifs is 1. The molecular formula is C23H25F5N6OS. The molecule has 0 spiro atoms. The van der Waals surface area contributed by atoms with Gasteiger partial charge in [-0.1, -0.05) is 17.4 Å². The fraction of sp³-hybridized carbons (Fsp3) is 0.522. The lowest BCUT2D eigenvalue weighted by Gasteiger charge is -2.30. The van der Waals surface area contributed by atoms with E-state index in [9.17, 15) is 26.7 Å². The Balaban J connectivity index is 1.42. The fourth-order valence-electron chi connectivity index (χ4n) is 4.52. The van der Waals surface area contributed by atoms with Crippen molar-refractivity contribution in [2.24, 2.45) is 5.92 Å². The molecule has 1 aliphatic carbocycles. The smallest absolute Gasteiger partial charge is 0.382 e. The van der Waals surface area contributed by atoms with Crippen LogP contribution in [0.25, 0.3) is 21.6 Å². The second-order valence-corrected chi connectivity index (χ2v) is 10.5. The van der Waals surface area contributed by atoms with Crippen molar-refractivity contribution in [1.29, 1.82) is 0 Å². The fourth-order valence-corrected chi connectivity index (χ4v) is 5.33. The third-order valence-corrected chi connectivity index (χ3v) is 7.55. The van der Waals surface area contributed by atoms with Crippen LogP contribution in [0.3, 0.4) is 0 Å². The van der Waals surface area contributed by atoms with Crippen molar-refractivity contribution in [3.63, 3.8) is 0 Å². The van der Waals surface area contributed by atoms with Gasteiger partial charge in [0, 0.05) is 23.5 Å². The van der Waals surface area contributed by atoms with E-state index in [2.05, 4.69) is 32.8 Å². The van der Waals surface area contributed by atoms with Gasteiger partial charge in [0.05, 0.1) is 17.8 Å². The Labute approximate surface area is 207 Å². The predicted molar refractivity (Wildman–Crippen MR) is 126 cm³/mol. The lowest BCUT2D eigenvalue weighted by atomic mass is 10.0. The minimum atomic E-state index is -4.46. The maximum absolute atomic E-state index is 13.5. The van der Waals surface area contributed by atoms with Crippen molar-refractivity contribution in [2.45, 2.75) is 50.5 Å². The Morgan fingerprint density at radius 3 is 2.61 bits per heavy atom. The van der Waals surface area contributed by atoms with Crippen molar-refractivity contribution >= 4 is 33.8 Å². The number of carbonyl (C=O) groups is 1. The number of likely N-dealkylation sites (tertiary alicyclic amines) is 1. The molecule has 2 N–H and O–H groups in total. The van der Waals surface area contributed by atoms with Crippen LogP contribution in [0.1, 0.15) is 24.3 Å². The van der Waals surface area contributed by atoms with Crippen LogP contribution < -0.4 is 10.6 Å². The first-order chi connectivity index (χ1) is 17.0. The Morgan fingerprint density at radius 2 is 1.94 bits per heavy atom. The number of benzene rings is 1. The molecular weight excluding hydrogens is 503 g/mol.